The molecular formula is C21H23N5O3. The van der Waals surface area contributed by atoms with Gasteiger partial charge in [-0.2, -0.15) is 5.10 Å². The average molecular weight is 393 g/mol. The number of para-hydroxylation sites is 1. The summed E-state index contributed by atoms with van der Waals surface area (Å²) in [7, 11) is 0. The van der Waals surface area contributed by atoms with E-state index in [9.17, 15) is 9.59 Å². The number of fused-ring (bicyclic) bond motifs is 1. The number of pyridine rings is 1. The number of carbonyl (C=O) groups is 2. The number of nitrogens with two attached hydrogens (primary N) is 1. The lowest BCUT2D eigenvalue weighted by molar-refractivity contribution is -0.0248. The van der Waals surface area contributed by atoms with Gasteiger partial charge in [-0.05, 0) is 24.1 Å². The second kappa shape index (κ2) is 7.63. The van der Waals surface area contributed by atoms with E-state index in [1.54, 1.807) is 17.0 Å². The molecule has 0 aliphatic carbocycles. The highest BCUT2D eigenvalue weighted by atomic mass is 16.5. The van der Waals surface area contributed by atoms with E-state index in [1.807, 2.05) is 38.1 Å². The molecule has 8 nitrogen and oxygen atoms in total. The summed E-state index contributed by atoms with van der Waals surface area (Å²) in [6.45, 7) is 5.24. The molecule has 0 radical (unpaired) electrons. The standard InChI is InChI=1S/C21H23N5O3/c1-12(2)16-10-18(25-24-16)21(28)26-7-8-29-19(11-26)17-9-14(20(22)27)13-5-3-4-6-15(13)23-17/h3-6,9-10,12,19H,7-8,11H2,1-2H3,(H2,22,27)(H,24,25)/t19-/m0/s1. The average Bonchev–Trinajstić information content (AvgIpc) is 3.23. The Kier molecular flexibility index (Phi) is 5.02. The number of nitrogens with one attached hydrogen (secondary N) is 1. The Morgan fingerprint density at radius 1 is 1.28 bits per heavy atom. The smallest absolute Gasteiger partial charge is 0.274 e. The largest absolute Gasteiger partial charge is 0.368 e. The summed E-state index contributed by atoms with van der Waals surface area (Å²) in [5, 5.41) is 7.77. The molecule has 2 aromatic heterocycles. The number of hydrogen-bond acceptors (Lipinski definition) is 5. The number of primary amides is 1. The number of carbonyl (C=O) groups excluding carboxylic acids is 2. The number of nitrogens with zero attached hydrogens (tertiary/aromatic N) is 3. The topological polar surface area (TPSA) is 114 Å². The van der Waals surface area contributed by atoms with Crippen LogP contribution < -0.4 is 5.73 Å². The fourth-order valence-corrected chi connectivity index (χ4v) is 3.48. The van der Waals surface area contributed by atoms with Crippen molar-refractivity contribution in [3.63, 3.8) is 0 Å². The van der Waals surface area contributed by atoms with E-state index in [-0.39, 0.29) is 11.8 Å². The molecule has 1 aliphatic rings. The third kappa shape index (κ3) is 3.71. The lowest BCUT2D eigenvalue weighted by Gasteiger charge is -2.32. The van der Waals surface area contributed by atoms with E-state index in [0.29, 0.717) is 47.6 Å². The van der Waals surface area contributed by atoms with Crippen LogP contribution in [-0.2, 0) is 4.74 Å². The van der Waals surface area contributed by atoms with E-state index in [0.717, 1.165) is 5.69 Å². The van der Waals surface area contributed by atoms with Gasteiger partial charge in [-0.3, -0.25) is 14.7 Å². The van der Waals surface area contributed by atoms with Crippen molar-refractivity contribution in [2.45, 2.75) is 25.9 Å². The number of aromatic amines is 1. The highest BCUT2D eigenvalue weighted by molar-refractivity contribution is 6.05. The first kappa shape index (κ1) is 19.1. The number of morpholine rings is 1. The zero-order valence-corrected chi connectivity index (χ0v) is 16.4. The number of aromatic nitrogens is 3. The van der Waals surface area contributed by atoms with Crippen molar-refractivity contribution in [1.82, 2.24) is 20.1 Å². The molecule has 8 heteroatoms. The van der Waals surface area contributed by atoms with E-state index < -0.39 is 12.0 Å². The molecule has 150 valence electrons. The van der Waals surface area contributed by atoms with Gasteiger partial charge in [-0.1, -0.05) is 32.0 Å². The van der Waals surface area contributed by atoms with E-state index >= 15 is 0 Å². The van der Waals surface area contributed by atoms with Crippen LogP contribution in [0.3, 0.4) is 0 Å². The summed E-state index contributed by atoms with van der Waals surface area (Å²) in [5.74, 6) is -0.417. The van der Waals surface area contributed by atoms with Crippen LogP contribution in [-0.4, -0.2) is 51.6 Å². The van der Waals surface area contributed by atoms with Gasteiger partial charge < -0.3 is 15.4 Å². The molecule has 3 aromatic rings. The second-order valence-corrected chi connectivity index (χ2v) is 7.45. The van der Waals surface area contributed by atoms with Crippen LogP contribution in [0.4, 0.5) is 0 Å². The normalized spacial score (nSPS) is 17.1. The SMILES string of the molecule is CC(C)c1cc(C(=O)N2CCO[C@H](c3cc(C(N)=O)c4ccccc4n3)C2)n[nH]1. The van der Waals surface area contributed by atoms with Crippen molar-refractivity contribution >= 4 is 22.7 Å². The molecule has 0 spiro atoms. The zero-order valence-electron chi connectivity index (χ0n) is 16.4. The molecule has 0 saturated carbocycles. The van der Waals surface area contributed by atoms with Gasteiger partial charge in [-0.25, -0.2) is 4.98 Å². The number of ether oxygens (including phenoxy) is 1. The third-order valence-corrected chi connectivity index (χ3v) is 5.12. The zero-order chi connectivity index (χ0) is 20.5. The highest BCUT2D eigenvalue weighted by Gasteiger charge is 2.29. The lowest BCUT2D eigenvalue weighted by Crippen LogP contribution is -2.42. The molecule has 1 aromatic carbocycles. The van der Waals surface area contributed by atoms with E-state index in [4.69, 9.17) is 10.5 Å². The molecule has 1 aliphatic heterocycles. The Hall–Kier alpha value is -3.26. The van der Waals surface area contributed by atoms with Gasteiger partial charge in [0.25, 0.3) is 5.91 Å². The summed E-state index contributed by atoms with van der Waals surface area (Å²) in [5.41, 5.74) is 8.52. The molecule has 0 unspecified atom stereocenters. The van der Waals surface area contributed by atoms with E-state index in [1.165, 1.54) is 0 Å². The summed E-state index contributed by atoms with van der Waals surface area (Å²) in [4.78, 5) is 31.2. The first-order chi connectivity index (χ1) is 13.9. The number of H-pyrrole nitrogens is 1. The molecule has 4 rings (SSSR count). The number of hydrogen-bond donors (Lipinski definition) is 2. The Morgan fingerprint density at radius 3 is 2.79 bits per heavy atom. The minimum absolute atomic E-state index is 0.155. The molecule has 3 heterocycles. The van der Waals surface area contributed by atoms with Crippen molar-refractivity contribution < 1.29 is 14.3 Å². The van der Waals surface area contributed by atoms with E-state index in [2.05, 4.69) is 15.2 Å². The van der Waals surface area contributed by atoms with Crippen LogP contribution >= 0.6 is 0 Å². The molecule has 1 fully saturated rings. The molecule has 1 atom stereocenters. The first-order valence-corrected chi connectivity index (χ1v) is 9.59. The molecule has 2 amide bonds. The first-order valence-electron chi connectivity index (χ1n) is 9.59. The van der Waals surface area contributed by atoms with Crippen LogP contribution in [0, 0.1) is 0 Å². The molecule has 1 saturated heterocycles. The van der Waals surface area contributed by atoms with Gasteiger partial charge in [0.2, 0.25) is 5.91 Å². The van der Waals surface area contributed by atoms with Gasteiger partial charge >= 0.3 is 0 Å². The highest BCUT2D eigenvalue weighted by Crippen LogP contribution is 2.26. The minimum atomic E-state index is -0.522. The predicted octanol–water partition coefficient (Wildman–Crippen LogP) is 2.39. The predicted molar refractivity (Wildman–Crippen MR) is 108 cm³/mol. The fraction of sp³-hybridized carbons (Fsp3) is 0.333. The summed E-state index contributed by atoms with van der Waals surface area (Å²) in [6.07, 6.45) is -0.445. The van der Waals surface area contributed by atoms with Gasteiger partial charge in [0.15, 0.2) is 0 Å². The molecule has 0 bridgehead atoms. The maximum absolute atomic E-state index is 12.9. The van der Waals surface area contributed by atoms with Crippen LogP contribution in [0.25, 0.3) is 10.9 Å². The lowest BCUT2D eigenvalue weighted by atomic mass is 10.0. The summed E-state index contributed by atoms with van der Waals surface area (Å²) < 4.78 is 5.87. The summed E-state index contributed by atoms with van der Waals surface area (Å²) >= 11 is 0. The number of benzene rings is 1. The molecular weight excluding hydrogens is 370 g/mol. The van der Waals surface area contributed by atoms with Crippen LogP contribution in [0.2, 0.25) is 0 Å². The molecule has 3 N–H and O–H groups in total. The van der Waals surface area contributed by atoms with Crippen molar-refractivity contribution in [3.05, 3.63) is 59.0 Å². The van der Waals surface area contributed by atoms with Gasteiger partial charge in [-0.15, -0.1) is 0 Å². The van der Waals surface area contributed by atoms with Crippen LogP contribution in [0.5, 0.6) is 0 Å². The maximum Gasteiger partial charge on any atom is 0.274 e. The minimum Gasteiger partial charge on any atom is -0.368 e. The van der Waals surface area contributed by atoms with Crippen LogP contribution in [0.1, 0.15) is 58.1 Å². The second-order valence-electron chi connectivity index (χ2n) is 7.45. The Morgan fingerprint density at radius 2 is 2.07 bits per heavy atom. The maximum atomic E-state index is 12.9. The Balaban J connectivity index is 1.61. The van der Waals surface area contributed by atoms with Gasteiger partial charge in [0, 0.05) is 17.6 Å². The number of amides is 2. The summed E-state index contributed by atoms with van der Waals surface area (Å²) in [6, 6.07) is 10.8. The van der Waals surface area contributed by atoms with Crippen molar-refractivity contribution in [2.24, 2.45) is 5.73 Å². The molecule has 29 heavy (non-hydrogen) atoms. The van der Waals surface area contributed by atoms with Crippen LogP contribution in [0.15, 0.2) is 36.4 Å². The quantitative estimate of drug-likeness (QED) is 0.706. The van der Waals surface area contributed by atoms with Crippen molar-refractivity contribution in [1.29, 1.82) is 0 Å². The van der Waals surface area contributed by atoms with Gasteiger partial charge in [0.1, 0.15) is 11.8 Å². The third-order valence-electron chi connectivity index (χ3n) is 5.12. The Bertz CT molecular complexity index is 1080. The number of rotatable bonds is 4. The Labute approximate surface area is 168 Å². The van der Waals surface area contributed by atoms with Gasteiger partial charge in [0.05, 0.1) is 29.9 Å². The van der Waals surface area contributed by atoms with Crippen molar-refractivity contribution in [2.75, 3.05) is 19.7 Å². The van der Waals surface area contributed by atoms with Crippen molar-refractivity contribution in [3.8, 4) is 0 Å². The monoisotopic (exact) mass is 393 g/mol. The fourth-order valence-electron chi connectivity index (χ4n) is 3.48.